The average Bonchev–Trinajstić information content (AvgIpc) is 2.53. The zero-order chi connectivity index (χ0) is 9.71. The first-order valence-electron chi connectivity index (χ1n) is 4.33. The second-order valence-electron chi connectivity index (χ2n) is 3.27. The van der Waals surface area contributed by atoms with Crippen LogP contribution in [0.15, 0.2) is 24.3 Å². The van der Waals surface area contributed by atoms with E-state index in [4.69, 9.17) is 4.74 Å². The Morgan fingerprint density at radius 3 is 2.93 bits per heavy atom. The molecule has 0 aliphatic carbocycles. The summed E-state index contributed by atoms with van der Waals surface area (Å²) in [6.45, 7) is 0. The van der Waals surface area contributed by atoms with Crippen LogP contribution in [-0.4, -0.2) is 17.9 Å². The Kier molecular flexibility index (Phi) is 1.24. The fraction of sp³-hybridized carbons (Fsp3) is 0.0909. The van der Waals surface area contributed by atoms with Crippen molar-refractivity contribution in [2.75, 3.05) is 7.11 Å². The first-order chi connectivity index (χ1) is 6.79. The maximum absolute atomic E-state index is 11.7. The molecule has 3 nitrogen and oxygen atoms in total. The van der Waals surface area contributed by atoms with Gasteiger partial charge < -0.3 is 4.74 Å². The molecule has 1 aromatic carbocycles. The molecule has 14 heavy (non-hydrogen) atoms. The number of ketones is 1. The van der Waals surface area contributed by atoms with Crippen LogP contribution in [0.2, 0.25) is 0 Å². The quantitative estimate of drug-likeness (QED) is 0.580. The molecule has 0 amide bonds. The SMILES string of the molecule is COc1cc2c3nc(ccc3c1)C2=O. The summed E-state index contributed by atoms with van der Waals surface area (Å²) in [7, 11) is 1.59. The van der Waals surface area contributed by atoms with Crippen LogP contribution in [0, 0.1) is 0 Å². The number of hydrogen-bond acceptors (Lipinski definition) is 3. The van der Waals surface area contributed by atoms with E-state index in [1.165, 1.54) is 0 Å². The summed E-state index contributed by atoms with van der Waals surface area (Å²) < 4.78 is 5.11. The van der Waals surface area contributed by atoms with Crippen molar-refractivity contribution in [3.63, 3.8) is 0 Å². The van der Waals surface area contributed by atoms with Crippen molar-refractivity contribution in [3.05, 3.63) is 35.5 Å². The molecule has 1 aliphatic rings. The Bertz CT molecular complexity index is 560. The standard InChI is InChI=1S/C11H7NO2/c1-14-7-4-6-2-3-9-11(13)8(5-7)10(6)12-9/h2-5H,1H3. The third-order valence-electron chi connectivity index (χ3n) is 2.48. The number of methoxy groups -OCH3 is 1. The zero-order valence-electron chi connectivity index (χ0n) is 7.57. The first kappa shape index (κ1) is 7.50. The highest BCUT2D eigenvalue weighted by molar-refractivity contribution is 6.19. The molecule has 2 heterocycles. The van der Waals surface area contributed by atoms with Crippen LogP contribution in [0.3, 0.4) is 0 Å². The third-order valence-corrected chi connectivity index (χ3v) is 2.48. The third kappa shape index (κ3) is 0.763. The summed E-state index contributed by atoms with van der Waals surface area (Å²) in [4.78, 5) is 15.9. The molecule has 2 bridgehead atoms. The van der Waals surface area contributed by atoms with Gasteiger partial charge >= 0.3 is 0 Å². The molecule has 1 aliphatic heterocycles. The van der Waals surface area contributed by atoms with E-state index >= 15 is 0 Å². The molecule has 68 valence electrons. The van der Waals surface area contributed by atoms with Crippen LogP contribution in [0.4, 0.5) is 0 Å². The Balaban J connectivity index is 2.46. The predicted octanol–water partition coefficient (Wildman–Crippen LogP) is 1.79. The average molecular weight is 185 g/mol. The molecule has 0 N–H and O–H groups in total. The minimum atomic E-state index is -0.00565. The molecular weight excluding hydrogens is 178 g/mol. The van der Waals surface area contributed by atoms with E-state index in [1.807, 2.05) is 12.1 Å². The maximum Gasteiger partial charge on any atom is 0.213 e. The van der Waals surface area contributed by atoms with Crippen LogP contribution in [0.25, 0.3) is 10.9 Å². The van der Waals surface area contributed by atoms with E-state index in [2.05, 4.69) is 4.98 Å². The van der Waals surface area contributed by atoms with Crippen molar-refractivity contribution in [3.8, 4) is 5.75 Å². The smallest absolute Gasteiger partial charge is 0.213 e. The molecule has 0 saturated heterocycles. The van der Waals surface area contributed by atoms with Crippen LogP contribution >= 0.6 is 0 Å². The largest absolute Gasteiger partial charge is 0.497 e. The molecular formula is C11H7NO2. The summed E-state index contributed by atoms with van der Waals surface area (Å²) in [6.07, 6.45) is 0. The Morgan fingerprint density at radius 2 is 2.14 bits per heavy atom. The second-order valence-corrected chi connectivity index (χ2v) is 3.27. The van der Waals surface area contributed by atoms with Gasteiger partial charge in [-0.25, -0.2) is 4.98 Å². The van der Waals surface area contributed by atoms with E-state index < -0.39 is 0 Å². The lowest BCUT2D eigenvalue weighted by atomic mass is 10.1. The highest BCUT2D eigenvalue weighted by Gasteiger charge is 2.23. The molecule has 0 saturated carbocycles. The van der Waals surface area contributed by atoms with E-state index in [0.29, 0.717) is 17.0 Å². The van der Waals surface area contributed by atoms with Gasteiger partial charge in [-0.3, -0.25) is 4.79 Å². The molecule has 2 aromatic rings. The van der Waals surface area contributed by atoms with Gasteiger partial charge in [-0.2, -0.15) is 0 Å². The van der Waals surface area contributed by atoms with Crippen molar-refractivity contribution >= 4 is 16.7 Å². The van der Waals surface area contributed by atoms with Gasteiger partial charge in [0, 0.05) is 5.39 Å². The lowest BCUT2D eigenvalue weighted by molar-refractivity contribution is 0.104. The number of rotatable bonds is 1. The van der Waals surface area contributed by atoms with Crippen LogP contribution in [-0.2, 0) is 0 Å². The lowest BCUT2D eigenvalue weighted by Crippen LogP contribution is -1.94. The number of hydrogen-bond donors (Lipinski definition) is 0. The highest BCUT2D eigenvalue weighted by atomic mass is 16.5. The minimum absolute atomic E-state index is 0.00565. The number of benzene rings is 1. The van der Waals surface area contributed by atoms with Crippen molar-refractivity contribution in [2.24, 2.45) is 0 Å². The second kappa shape index (κ2) is 2.32. The molecule has 0 atom stereocenters. The van der Waals surface area contributed by atoms with Gasteiger partial charge in [-0.15, -0.1) is 0 Å². The molecule has 1 aromatic heterocycles. The zero-order valence-corrected chi connectivity index (χ0v) is 7.57. The molecule has 0 spiro atoms. The van der Waals surface area contributed by atoms with E-state index in [9.17, 15) is 4.79 Å². The number of aromatic nitrogens is 1. The maximum atomic E-state index is 11.7. The summed E-state index contributed by atoms with van der Waals surface area (Å²) in [5, 5.41) is 0.953. The lowest BCUT2D eigenvalue weighted by Gasteiger charge is -2.01. The van der Waals surface area contributed by atoms with Gasteiger partial charge in [-0.05, 0) is 18.2 Å². The number of carbonyl (C=O) groups excluding carboxylic acids is 1. The normalized spacial score (nSPS) is 12.8. The van der Waals surface area contributed by atoms with Gasteiger partial charge in [0.15, 0.2) is 0 Å². The molecule has 0 unspecified atom stereocenters. The van der Waals surface area contributed by atoms with Crippen molar-refractivity contribution in [1.29, 1.82) is 0 Å². The number of nitrogens with zero attached hydrogens (tertiary/aromatic N) is 1. The Hall–Kier alpha value is -1.90. The van der Waals surface area contributed by atoms with Gasteiger partial charge in [-0.1, -0.05) is 6.07 Å². The van der Waals surface area contributed by atoms with Gasteiger partial charge in [0.25, 0.3) is 0 Å². The van der Waals surface area contributed by atoms with Gasteiger partial charge in [0.05, 0.1) is 18.2 Å². The summed E-state index contributed by atoms with van der Waals surface area (Å²) in [6, 6.07) is 7.27. The van der Waals surface area contributed by atoms with Crippen molar-refractivity contribution in [1.82, 2.24) is 4.98 Å². The molecule has 0 radical (unpaired) electrons. The van der Waals surface area contributed by atoms with Gasteiger partial charge in [0.2, 0.25) is 5.78 Å². The fourth-order valence-electron chi connectivity index (χ4n) is 1.76. The fourth-order valence-corrected chi connectivity index (χ4v) is 1.76. The topological polar surface area (TPSA) is 39.2 Å². The number of fused-ring (bicyclic) bond motifs is 1. The summed E-state index contributed by atoms with van der Waals surface area (Å²) >= 11 is 0. The summed E-state index contributed by atoms with van der Waals surface area (Å²) in [5.41, 5.74) is 1.97. The highest BCUT2D eigenvalue weighted by Crippen LogP contribution is 2.30. The van der Waals surface area contributed by atoms with Crippen LogP contribution < -0.4 is 4.74 Å². The minimum Gasteiger partial charge on any atom is -0.497 e. The Labute approximate surface area is 80.3 Å². The monoisotopic (exact) mass is 185 g/mol. The van der Waals surface area contributed by atoms with E-state index in [-0.39, 0.29) is 5.78 Å². The first-order valence-corrected chi connectivity index (χ1v) is 4.33. The number of pyridine rings is 1. The Morgan fingerprint density at radius 1 is 1.29 bits per heavy atom. The van der Waals surface area contributed by atoms with Gasteiger partial charge in [0.1, 0.15) is 11.4 Å². The van der Waals surface area contributed by atoms with Crippen molar-refractivity contribution in [2.45, 2.75) is 0 Å². The number of carbonyl (C=O) groups is 1. The van der Waals surface area contributed by atoms with E-state index in [1.54, 1.807) is 19.2 Å². The van der Waals surface area contributed by atoms with Crippen LogP contribution in [0.1, 0.15) is 16.1 Å². The molecule has 3 heteroatoms. The number of ether oxygens (including phenoxy) is 1. The van der Waals surface area contributed by atoms with Crippen molar-refractivity contribution < 1.29 is 9.53 Å². The van der Waals surface area contributed by atoms with E-state index in [0.717, 1.165) is 10.9 Å². The summed E-state index contributed by atoms with van der Waals surface area (Å²) in [5.74, 6) is 0.698. The predicted molar refractivity (Wildman–Crippen MR) is 51.7 cm³/mol. The molecule has 0 fully saturated rings. The molecule has 3 rings (SSSR count). The van der Waals surface area contributed by atoms with Crippen LogP contribution in [0.5, 0.6) is 5.75 Å².